The van der Waals surface area contributed by atoms with E-state index in [0.717, 1.165) is 19.5 Å². The fraction of sp³-hybridized carbons (Fsp3) is 1.00. The van der Waals surface area contributed by atoms with E-state index in [1.54, 1.807) is 6.92 Å². The molecule has 20 heavy (non-hydrogen) atoms. The first-order valence-corrected chi connectivity index (χ1v) is 9.54. The Kier molecular flexibility index (Phi) is 5.67. The number of sulfone groups is 1. The van der Waals surface area contributed by atoms with Gasteiger partial charge in [0.05, 0.1) is 5.75 Å². The second-order valence-electron chi connectivity index (χ2n) is 7.38. The summed E-state index contributed by atoms with van der Waals surface area (Å²) in [5.41, 5.74) is 0.246. The molecule has 0 aromatic carbocycles. The summed E-state index contributed by atoms with van der Waals surface area (Å²) in [4.78, 5) is 2.38. The quantitative estimate of drug-likeness (QED) is 0.843. The predicted molar refractivity (Wildman–Crippen MR) is 85.8 cm³/mol. The molecule has 1 rings (SSSR count). The Morgan fingerprint density at radius 2 is 1.90 bits per heavy atom. The third kappa shape index (κ3) is 4.71. The van der Waals surface area contributed by atoms with E-state index in [0.29, 0.717) is 12.6 Å². The van der Waals surface area contributed by atoms with Gasteiger partial charge in [0.1, 0.15) is 0 Å². The van der Waals surface area contributed by atoms with Gasteiger partial charge in [-0.25, -0.2) is 8.42 Å². The number of hydrogen-bond donors (Lipinski definition) is 1. The van der Waals surface area contributed by atoms with Crippen molar-refractivity contribution in [3.05, 3.63) is 0 Å². The summed E-state index contributed by atoms with van der Waals surface area (Å²) in [5, 5.41) is 3.65. The zero-order chi connectivity index (χ0) is 15.6. The summed E-state index contributed by atoms with van der Waals surface area (Å²) < 4.78 is 23.6. The fourth-order valence-electron chi connectivity index (χ4n) is 2.81. The standard InChI is InChI=1S/C15H32N2O2S/c1-7-15(6)12-17(9-10-20(18,19)8-2)13(11-16-15)14(3,4)5/h13,16H,7-12H2,1-6H3. The van der Waals surface area contributed by atoms with Crippen molar-refractivity contribution in [2.75, 3.05) is 31.1 Å². The highest BCUT2D eigenvalue weighted by atomic mass is 32.2. The molecule has 1 aliphatic heterocycles. The highest BCUT2D eigenvalue weighted by Gasteiger charge is 2.39. The molecule has 1 saturated heterocycles. The Morgan fingerprint density at radius 1 is 1.30 bits per heavy atom. The molecule has 1 aliphatic rings. The van der Waals surface area contributed by atoms with Crippen LogP contribution in [0.1, 0.15) is 48.0 Å². The normalized spacial score (nSPS) is 29.6. The summed E-state index contributed by atoms with van der Waals surface area (Å²) in [6.45, 7) is 15.3. The van der Waals surface area contributed by atoms with Gasteiger partial charge in [-0.1, -0.05) is 34.6 Å². The van der Waals surface area contributed by atoms with E-state index in [1.165, 1.54) is 0 Å². The van der Waals surface area contributed by atoms with Crippen LogP contribution in [0, 0.1) is 5.41 Å². The predicted octanol–water partition coefficient (Wildman–Crippen LogP) is 1.91. The molecule has 0 saturated carbocycles. The number of hydrogen-bond acceptors (Lipinski definition) is 4. The lowest BCUT2D eigenvalue weighted by molar-refractivity contribution is 0.0310. The smallest absolute Gasteiger partial charge is 0.151 e. The Hall–Kier alpha value is -0.130. The van der Waals surface area contributed by atoms with Gasteiger partial charge in [-0.2, -0.15) is 0 Å². The van der Waals surface area contributed by atoms with Crippen LogP contribution in [-0.2, 0) is 9.84 Å². The van der Waals surface area contributed by atoms with Gasteiger partial charge in [0.15, 0.2) is 9.84 Å². The second-order valence-corrected chi connectivity index (χ2v) is 9.86. The topological polar surface area (TPSA) is 49.4 Å². The van der Waals surface area contributed by atoms with Gasteiger partial charge in [0.2, 0.25) is 0 Å². The number of nitrogens with one attached hydrogen (secondary N) is 1. The first kappa shape index (κ1) is 17.9. The summed E-state index contributed by atoms with van der Waals surface area (Å²) in [6, 6.07) is 0.384. The zero-order valence-corrected chi connectivity index (χ0v) is 14.8. The molecule has 0 aromatic heterocycles. The molecule has 1 heterocycles. The van der Waals surface area contributed by atoms with Gasteiger partial charge in [-0.15, -0.1) is 0 Å². The number of rotatable bonds is 5. The molecule has 0 aromatic rings. The van der Waals surface area contributed by atoms with E-state index in [2.05, 4.69) is 44.8 Å². The molecular weight excluding hydrogens is 272 g/mol. The van der Waals surface area contributed by atoms with Crippen LogP contribution in [0.2, 0.25) is 0 Å². The minimum atomic E-state index is -2.89. The number of nitrogens with zero attached hydrogens (tertiary/aromatic N) is 1. The minimum absolute atomic E-state index is 0.0950. The maximum Gasteiger partial charge on any atom is 0.151 e. The van der Waals surface area contributed by atoms with Crippen molar-refractivity contribution in [3.63, 3.8) is 0 Å². The van der Waals surface area contributed by atoms with Gasteiger partial charge >= 0.3 is 0 Å². The lowest BCUT2D eigenvalue weighted by Gasteiger charge is -2.50. The van der Waals surface area contributed by atoms with E-state index in [-0.39, 0.29) is 22.5 Å². The maximum atomic E-state index is 11.8. The van der Waals surface area contributed by atoms with Crippen LogP contribution >= 0.6 is 0 Å². The SMILES string of the molecule is CCC1(C)CN(CCS(=O)(=O)CC)C(C(C)(C)C)CN1. The van der Waals surface area contributed by atoms with Crippen molar-refractivity contribution in [1.29, 1.82) is 0 Å². The zero-order valence-electron chi connectivity index (χ0n) is 14.0. The summed E-state index contributed by atoms with van der Waals surface area (Å²) >= 11 is 0. The van der Waals surface area contributed by atoms with Crippen LogP contribution in [0.25, 0.3) is 0 Å². The summed E-state index contributed by atoms with van der Waals surface area (Å²) in [7, 11) is -2.89. The van der Waals surface area contributed by atoms with Gasteiger partial charge in [-0.05, 0) is 18.8 Å². The molecule has 0 aliphatic carbocycles. The Morgan fingerprint density at radius 3 is 2.35 bits per heavy atom. The summed E-state index contributed by atoms with van der Waals surface area (Å²) in [6.07, 6.45) is 1.06. The molecule has 0 bridgehead atoms. The number of piperazine rings is 1. The van der Waals surface area contributed by atoms with E-state index < -0.39 is 9.84 Å². The molecule has 0 amide bonds. The van der Waals surface area contributed by atoms with Crippen LogP contribution in [0.15, 0.2) is 0 Å². The average molecular weight is 305 g/mol. The van der Waals surface area contributed by atoms with Crippen LogP contribution < -0.4 is 5.32 Å². The molecule has 5 heteroatoms. The van der Waals surface area contributed by atoms with Crippen molar-refractivity contribution >= 4 is 9.84 Å². The third-order valence-electron chi connectivity index (χ3n) is 4.62. The first-order chi connectivity index (χ1) is 9.03. The van der Waals surface area contributed by atoms with Gasteiger partial charge < -0.3 is 5.32 Å². The van der Waals surface area contributed by atoms with Crippen LogP contribution in [0.5, 0.6) is 0 Å². The second kappa shape index (κ2) is 6.32. The van der Waals surface area contributed by atoms with E-state index in [9.17, 15) is 8.42 Å². The first-order valence-electron chi connectivity index (χ1n) is 7.72. The third-order valence-corrected chi connectivity index (χ3v) is 6.31. The molecule has 0 radical (unpaired) electrons. The highest BCUT2D eigenvalue weighted by Crippen LogP contribution is 2.29. The Labute approximate surface area is 125 Å². The van der Waals surface area contributed by atoms with Crippen molar-refractivity contribution < 1.29 is 8.42 Å². The Bertz CT molecular complexity index is 414. The van der Waals surface area contributed by atoms with E-state index >= 15 is 0 Å². The Balaban J connectivity index is 2.83. The van der Waals surface area contributed by atoms with Crippen LogP contribution in [-0.4, -0.2) is 56.0 Å². The molecule has 1 N–H and O–H groups in total. The average Bonchev–Trinajstić information content (AvgIpc) is 2.35. The fourth-order valence-corrected chi connectivity index (χ4v) is 3.61. The van der Waals surface area contributed by atoms with Crippen molar-refractivity contribution in [1.82, 2.24) is 10.2 Å². The van der Waals surface area contributed by atoms with Crippen LogP contribution in [0.4, 0.5) is 0 Å². The van der Waals surface area contributed by atoms with Crippen molar-refractivity contribution in [2.24, 2.45) is 5.41 Å². The molecule has 1 fully saturated rings. The highest BCUT2D eigenvalue weighted by molar-refractivity contribution is 7.91. The molecular formula is C15H32N2O2S. The van der Waals surface area contributed by atoms with Crippen molar-refractivity contribution in [3.8, 4) is 0 Å². The molecule has 2 unspecified atom stereocenters. The van der Waals surface area contributed by atoms with Crippen molar-refractivity contribution in [2.45, 2.75) is 59.5 Å². The van der Waals surface area contributed by atoms with Crippen LogP contribution in [0.3, 0.4) is 0 Å². The molecule has 4 nitrogen and oxygen atoms in total. The lowest BCUT2D eigenvalue weighted by atomic mass is 9.81. The maximum absolute atomic E-state index is 11.8. The van der Waals surface area contributed by atoms with E-state index in [4.69, 9.17) is 0 Å². The largest absolute Gasteiger partial charge is 0.309 e. The lowest BCUT2D eigenvalue weighted by Crippen LogP contribution is -2.66. The molecule has 2 atom stereocenters. The molecule has 0 spiro atoms. The minimum Gasteiger partial charge on any atom is -0.309 e. The summed E-state index contributed by atoms with van der Waals surface area (Å²) in [5.74, 6) is 0.514. The van der Waals surface area contributed by atoms with Gasteiger partial charge in [0, 0.05) is 37.0 Å². The monoisotopic (exact) mass is 304 g/mol. The van der Waals surface area contributed by atoms with Gasteiger partial charge in [-0.3, -0.25) is 4.90 Å². The van der Waals surface area contributed by atoms with Gasteiger partial charge in [0.25, 0.3) is 0 Å². The molecule has 120 valence electrons. The van der Waals surface area contributed by atoms with E-state index in [1.807, 2.05) is 0 Å².